The molecule has 1 saturated heterocycles. The molecule has 0 saturated carbocycles. The van der Waals surface area contributed by atoms with Gasteiger partial charge in [-0.25, -0.2) is 4.98 Å². The molecule has 1 aliphatic rings. The summed E-state index contributed by atoms with van der Waals surface area (Å²) >= 11 is 0. The molecule has 1 aromatic heterocycles. The van der Waals surface area contributed by atoms with E-state index in [1.165, 1.54) is 5.56 Å². The number of carbonyl (C=O) groups is 1. The fourth-order valence-electron chi connectivity index (χ4n) is 2.55. The second-order valence-electron chi connectivity index (χ2n) is 4.83. The molecule has 1 atom stereocenters. The molecule has 1 fully saturated rings. The van der Waals surface area contributed by atoms with Crippen LogP contribution in [-0.2, 0) is 4.79 Å². The molecule has 1 amide bonds. The summed E-state index contributed by atoms with van der Waals surface area (Å²) in [5, 5.41) is 2.88. The molecule has 1 aliphatic heterocycles. The van der Waals surface area contributed by atoms with Crippen molar-refractivity contribution >= 4 is 22.9 Å². The van der Waals surface area contributed by atoms with Crippen molar-refractivity contribution in [2.24, 2.45) is 0 Å². The first-order valence-electron chi connectivity index (χ1n) is 6.16. The number of fused-ring (bicyclic) bond motifs is 1. The minimum atomic E-state index is 0.116. The van der Waals surface area contributed by atoms with Crippen molar-refractivity contribution in [2.75, 3.05) is 12.3 Å². The topological polar surface area (TPSA) is 72.9 Å². The Kier molecular flexibility index (Phi) is 2.47. The van der Waals surface area contributed by atoms with E-state index in [2.05, 4.69) is 16.4 Å². The Hall–Kier alpha value is -2.04. The number of hydrogen-bond donors (Lipinski definition) is 2. The van der Waals surface area contributed by atoms with E-state index < -0.39 is 0 Å². The molecule has 0 spiro atoms. The number of nitrogens with zero attached hydrogens (tertiary/aromatic N) is 2. The Balaban J connectivity index is 2.05. The van der Waals surface area contributed by atoms with Crippen molar-refractivity contribution in [1.29, 1.82) is 0 Å². The Labute approximate surface area is 105 Å². The van der Waals surface area contributed by atoms with Gasteiger partial charge in [-0.1, -0.05) is 6.07 Å². The SMILES string of the molecule is Cc1ccc2c(c1)nc(N)n2C1CCC(=O)NC1. The molecular formula is C13H16N4O. The van der Waals surface area contributed by atoms with Crippen LogP contribution in [0.3, 0.4) is 0 Å². The highest BCUT2D eigenvalue weighted by Gasteiger charge is 2.23. The number of amides is 1. The molecule has 1 unspecified atom stereocenters. The number of piperidine rings is 1. The van der Waals surface area contributed by atoms with Crippen molar-refractivity contribution in [3.05, 3.63) is 23.8 Å². The van der Waals surface area contributed by atoms with Crippen LogP contribution in [0.4, 0.5) is 5.95 Å². The highest BCUT2D eigenvalue weighted by molar-refractivity contribution is 5.80. The van der Waals surface area contributed by atoms with E-state index in [0.717, 1.165) is 17.5 Å². The lowest BCUT2D eigenvalue weighted by Crippen LogP contribution is -2.36. The Morgan fingerprint density at radius 2 is 2.33 bits per heavy atom. The minimum Gasteiger partial charge on any atom is -0.369 e. The third kappa shape index (κ3) is 1.72. The summed E-state index contributed by atoms with van der Waals surface area (Å²) in [5.74, 6) is 0.641. The Morgan fingerprint density at radius 3 is 3.06 bits per heavy atom. The van der Waals surface area contributed by atoms with E-state index in [0.29, 0.717) is 18.9 Å². The predicted octanol–water partition coefficient (Wildman–Crippen LogP) is 1.38. The molecule has 2 heterocycles. The highest BCUT2D eigenvalue weighted by atomic mass is 16.1. The molecule has 3 rings (SSSR count). The third-order valence-corrected chi connectivity index (χ3v) is 3.48. The van der Waals surface area contributed by atoms with Gasteiger partial charge in [0.05, 0.1) is 17.1 Å². The average molecular weight is 244 g/mol. The van der Waals surface area contributed by atoms with Crippen LogP contribution in [0.25, 0.3) is 11.0 Å². The van der Waals surface area contributed by atoms with E-state index in [1.54, 1.807) is 0 Å². The van der Waals surface area contributed by atoms with Crippen LogP contribution in [0.2, 0.25) is 0 Å². The summed E-state index contributed by atoms with van der Waals surface area (Å²) < 4.78 is 2.04. The zero-order valence-electron chi connectivity index (χ0n) is 10.3. The standard InChI is InChI=1S/C13H16N4O/c1-8-2-4-11-10(6-8)16-13(14)17(11)9-3-5-12(18)15-7-9/h2,4,6,9H,3,5,7H2,1H3,(H2,14,16)(H,15,18). The van der Waals surface area contributed by atoms with Gasteiger partial charge in [-0.15, -0.1) is 0 Å². The largest absolute Gasteiger partial charge is 0.369 e. The van der Waals surface area contributed by atoms with E-state index in [1.807, 2.05) is 23.6 Å². The van der Waals surface area contributed by atoms with Gasteiger partial charge in [0.25, 0.3) is 0 Å². The summed E-state index contributed by atoms with van der Waals surface area (Å²) in [4.78, 5) is 15.6. The molecule has 0 bridgehead atoms. The van der Waals surface area contributed by atoms with Gasteiger partial charge in [0.15, 0.2) is 0 Å². The molecule has 3 N–H and O–H groups in total. The number of carbonyl (C=O) groups excluding carboxylic acids is 1. The van der Waals surface area contributed by atoms with Gasteiger partial charge < -0.3 is 15.6 Å². The molecule has 0 aliphatic carbocycles. The molecule has 1 aromatic carbocycles. The van der Waals surface area contributed by atoms with Crippen molar-refractivity contribution in [2.45, 2.75) is 25.8 Å². The van der Waals surface area contributed by atoms with Gasteiger partial charge in [-0.2, -0.15) is 0 Å². The van der Waals surface area contributed by atoms with Crippen LogP contribution in [0.1, 0.15) is 24.4 Å². The lowest BCUT2D eigenvalue weighted by Gasteiger charge is -2.25. The number of anilines is 1. The zero-order valence-corrected chi connectivity index (χ0v) is 10.3. The van der Waals surface area contributed by atoms with Gasteiger partial charge in [-0.3, -0.25) is 4.79 Å². The predicted molar refractivity (Wildman–Crippen MR) is 70.2 cm³/mol. The lowest BCUT2D eigenvalue weighted by molar-refractivity contribution is -0.122. The van der Waals surface area contributed by atoms with Crippen LogP contribution in [0.5, 0.6) is 0 Å². The van der Waals surface area contributed by atoms with Gasteiger partial charge >= 0.3 is 0 Å². The van der Waals surface area contributed by atoms with Gasteiger partial charge in [0.1, 0.15) is 0 Å². The second-order valence-corrected chi connectivity index (χ2v) is 4.83. The second kappa shape index (κ2) is 4.01. The Morgan fingerprint density at radius 1 is 1.50 bits per heavy atom. The van der Waals surface area contributed by atoms with E-state index in [-0.39, 0.29) is 11.9 Å². The maximum absolute atomic E-state index is 11.2. The normalized spacial score (nSPS) is 20.1. The minimum absolute atomic E-state index is 0.116. The number of aryl methyl sites for hydroxylation is 1. The zero-order chi connectivity index (χ0) is 12.7. The van der Waals surface area contributed by atoms with Gasteiger partial charge in [0.2, 0.25) is 11.9 Å². The van der Waals surface area contributed by atoms with E-state index >= 15 is 0 Å². The van der Waals surface area contributed by atoms with Crippen molar-refractivity contribution < 1.29 is 4.79 Å². The summed E-state index contributed by atoms with van der Waals surface area (Å²) in [6, 6.07) is 6.34. The first-order chi connectivity index (χ1) is 8.65. The monoisotopic (exact) mass is 244 g/mol. The smallest absolute Gasteiger partial charge is 0.220 e. The third-order valence-electron chi connectivity index (χ3n) is 3.48. The maximum atomic E-state index is 11.2. The van der Waals surface area contributed by atoms with Crippen molar-refractivity contribution in [3.63, 3.8) is 0 Å². The molecule has 94 valence electrons. The lowest BCUT2D eigenvalue weighted by atomic mass is 10.1. The maximum Gasteiger partial charge on any atom is 0.220 e. The van der Waals surface area contributed by atoms with E-state index in [9.17, 15) is 4.79 Å². The molecule has 0 radical (unpaired) electrons. The first kappa shape index (κ1) is 11.1. The Bertz CT molecular complexity index is 607. The highest BCUT2D eigenvalue weighted by Crippen LogP contribution is 2.27. The summed E-state index contributed by atoms with van der Waals surface area (Å²) in [7, 11) is 0. The van der Waals surface area contributed by atoms with Crippen LogP contribution in [0.15, 0.2) is 18.2 Å². The quantitative estimate of drug-likeness (QED) is 0.796. The number of nitrogen functional groups attached to an aromatic ring is 1. The van der Waals surface area contributed by atoms with Gasteiger partial charge in [0, 0.05) is 13.0 Å². The number of hydrogen-bond acceptors (Lipinski definition) is 3. The fraction of sp³-hybridized carbons (Fsp3) is 0.385. The van der Waals surface area contributed by atoms with Crippen LogP contribution >= 0.6 is 0 Å². The van der Waals surface area contributed by atoms with Crippen molar-refractivity contribution in [1.82, 2.24) is 14.9 Å². The molecule has 2 aromatic rings. The summed E-state index contributed by atoms with van der Waals surface area (Å²) in [6.45, 7) is 2.66. The summed E-state index contributed by atoms with van der Waals surface area (Å²) in [6.07, 6.45) is 1.37. The summed E-state index contributed by atoms with van der Waals surface area (Å²) in [5.41, 5.74) is 9.14. The molecule has 5 nitrogen and oxygen atoms in total. The van der Waals surface area contributed by atoms with E-state index in [4.69, 9.17) is 5.73 Å². The number of aromatic nitrogens is 2. The van der Waals surface area contributed by atoms with Crippen molar-refractivity contribution in [3.8, 4) is 0 Å². The van der Waals surface area contributed by atoms with Crippen LogP contribution < -0.4 is 11.1 Å². The molecule has 18 heavy (non-hydrogen) atoms. The number of nitrogens with one attached hydrogen (secondary N) is 1. The number of benzene rings is 1. The number of nitrogens with two attached hydrogens (primary N) is 1. The number of rotatable bonds is 1. The fourth-order valence-corrected chi connectivity index (χ4v) is 2.55. The number of imidazole rings is 1. The van der Waals surface area contributed by atoms with Crippen LogP contribution in [0, 0.1) is 6.92 Å². The average Bonchev–Trinajstić information content (AvgIpc) is 2.65. The van der Waals surface area contributed by atoms with Gasteiger partial charge in [-0.05, 0) is 31.0 Å². The molecular weight excluding hydrogens is 228 g/mol. The van der Waals surface area contributed by atoms with Crippen LogP contribution in [-0.4, -0.2) is 22.0 Å². The molecule has 5 heteroatoms. The first-order valence-corrected chi connectivity index (χ1v) is 6.16.